The molecule has 0 saturated carbocycles. The molecule has 0 spiro atoms. The number of anilines is 1. The van der Waals surface area contributed by atoms with Gasteiger partial charge in [-0.05, 0) is 12.1 Å². The standard InChI is InChI=1S/C19H18N2O4/c1-23-14-9-15(24-2)11-16(10-14)25-12-18(22)21-17-7-3-5-13-6-4-8-20-19(13)17/h3-11H,12H2,1-2H3,(H,21,22). The lowest BCUT2D eigenvalue weighted by Gasteiger charge is -2.11. The first-order valence-corrected chi connectivity index (χ1v) is 7.69. The third-order valence-electron chi connectivity index (χ3n) is 3.60. The number of nitrogens with zero attached hydrogens (tertiary/aromatic N) is 1. The molecule has 0 fully saturated rings. The van der Waals surface area contributed by atoms with E-state index in [9.17, 15) is 4.79 Å². The lowest BCUT2D eigenvalue weighted by molar-refractivity contribution is -0.118. The Morgan fingerprint density at radius 3 is 2.40 bits per heavy atom. The fourth-order valence-corrected chi connectivity index (χ4v) is 2.40. The Morgan fingerprint density at radius 2 is 1.68 bits per heavy atom. The summed E-state index contributed by atoms with van der Waals surface area (Å²) >= 11 is 0. The minimum Gasteiger partial charge on any atom is -0.496 e. The second kappa shape index (κ2) is 7.53. The number of para-hydroxylation sites is 1. The Labute approximate surface area is 145 Å². The average molecular weight is 338 g/mol. The number of pyridine rings is 1. The van der Waals surface area contributed by atoms with Crippen LogP contribution >= 0.6 is 0 Å². The Kier molecular flexibility index (Phi) is 4.99. The van der Waals surface area contributed by atoms with Gasteiger partial charge in [-0.25, -0.2) is 0 Å². The Bertz CT molecular complexity index is 868. The van der Waals surface area contributed by atoms with Crippen molar-refractivity contribution in [2.45, 2.75) is 0 Å². The van der Waals surface area contributed by atoms with Crippen LogP contribution in [0, 0.1) is 0 Å². The molecule has 6 nitrogen and oxygen atoms in total. The van der Waals surface area contributed by atoms with Crippen molar-refractivity contribution in [1.29, 1.82) is 0 Å². The average Bonchev–Trinajstić information content (AvgIpc) is 2.66. The van der Waals surface area contributed by atoms with E-state index in [0.717, 1.165) is 10.9 Å². The van der Waals surface area contributed by atoms with Crippen LogP contribution in [-0.2, 0) is 4.79 Å². The van der Waals surface area contributed by atoms with Gasteiger partial charge >= 0.3 is 0 Å². The Morgan fingerprint density at radius 1 is 1.00 bits per heavy atom. The van der Waals surface area contributed by atoms with Crippen molar-refractivity contribution in [3.8, 4) is 17.2 Å². The molecule has 25 heavy (non-hydrogen) atoms. The number of rotatable bonds is 6. The highest BCUT2D eigenvalue weighted by Crippen LogP contribution is 2.27. The van der Waals surface area contributed by atoms with Crippen LogP contribution in [-0.4, -0.2) is 31.7 Å². The van der Waals surface area contributed by atoms with E-state index < -0.39 is 0 Å². The first-order valence-electron chi connectivity index (χ1n) is 7.69. The van der Waals surface area contributed by atoms with Gasteiger partial charge in [0.1, 0.15) is 17.2 Å². The van der Waals surface area contributed by atoms with Crippen LogP contribution < -0.4 is 19.5 Å². The quantitative estimate of drug-likeness (QED) is 0.747. The molecule has 0 atom stereocenters. The van der Waals surface area contributed by atoms with Crippen molar-refractivity contribution >= 4 is 22.5 Å². The number of carbonyl (C=O) groups excluding carboxylic acids is 1. The number of methoxy groups -OCH3 is 2. The van der Waals surface area contributed by atoms with E-state index in [4.69, 9.17) is 14.2 Å². The van der Waals surface area contributed by atoms with Gasteiger partial charge in [0, 0.05) is 29.8 Å². The van der Waals surface area contributed by atoms with Crippen molar-refractivity contribution in [3.05, 3.63) is 54.7 Å². The third-order valence-corrected chi connectivity index (χ3v) is 3.60. The van der Waals surface area contributed by atoms with E-state index in [-0.39, 0.29) is 12.5 Å². The number of aromatic nitrogens is 1. The van der Waals surface area contributed by atoms with Crippen LogP contribution in [0.5, 0.6) is 17.2 Å². The number of amides is 1. The molecular formula is C19H18N2O4. The van der Waals surface area contributed by atoms with E-state index in [1.807, 2.05) is 30.3 Å². The van der Waals surface area contributed by atoms with Crippen LogP contribution in [0.4, 0.5) is 5.69 Å². The largest absolute Gasteiger partial charge is 0.496 e. The summed E-state index contributed by atoms with van der Waals surface area (Å²) < 4.78 is 15.9. The van der Waals surface area contributed by atoms with Gasteiger partial charge < -0.3 is 19.5 Å². The van der Waals surface area contributed by atoms with Crippen molar-refractivity contribution in [3.63, 3.8) is 0 Å². The molecule has 3 rings (SSSR count). The van der Waals surface area contributed by atoms with E-state index >= 15 is 0 Å². The molecule has 1 aromatic heterocycles. The molecule has 0 aliphatic carbocycles. The monoisotopic (exact) mass is 338 g/mol. The number of fused-ring (bicyclic) bond motifs is 1. The van der Waals surface area contributed by atoms with Crippen LogP contribution in [0.25, 0.3) is 10.9 Å². The lowest BCUT2D eigenvalue weighted by Crippen LogP contribution is -2.20. The van der Waals surface area contributed by atoms with Gasteiger partial charge in [0.05, 0.1) is 25.4 Å². The fraction of sp³-hybridized carbons (Fsp3) is 0.158. The minimum atomic E-state index is -0.278. The molecule has 0 aliphatic heterocycles. The maximum absolute atomic E-state index is 12.2. The maximum Gasteiger partial charge on any atom is 0.262 e. The molecule has 1 amide bonds. The summed E-state index contributed by atoms with van der Waals surface area (Å²) in [6.45, 7) is -0.139. The maximum atomic E-state index is 12.2. The summed E-state index contributed by atoms with van der Waals surface area (Å²) in [7, 11) is 3.11. The number of hydrogen-bond acceptors (Lipinski definition) is 5. The zero-order valence-electron chi connectivity index (χ0n) is 14.0. The summed E-state index contributed by atoms with van der Waals surface area (Å²) in [6, 6.07) is 14.5. The smallest absolute Gasteiger partial charge is 0.262 e. The minimum absolute atomic E-state index is 0.139. The van der Waals surface area contributed by atoms with Crippen molar-refractivity contribution in [1.82, 2.24) is 4.98 Å². The van der Waals surface area contributed by atoms with Gasteiger partial charge in [0.25, 0.3) is 5.91 Å². The third kappa shape index (κ3) is 3.98. The molecule has 1 N–H and O–H groups in total. The Hall–Kier alpha value is -3.28. The first kappa shape index (κ1) is 16.6. The highest BCUT2D eigenvalue weighted by molar-refractivity contribution is 6.00. The number of hydrogen-bond donors (Lipinski definition) is 1. The number of nitrogens with one attached hydrogen (secondary N) is 1. The summed E-state index contributed by atoms with van der Waals surface area (Å²) in [5, 5.41) is 3.78. The topological polar surface area (TPSA) is 69.7 Å². The summed E-state index contributed by atoms with van der Waals surface area (Å²) in [5.74, 6) is 1.39. The van der Waals surface area contributed by atoms with Crippen molar-refractivity contribution in [2.75, 3.05) is 26.1 Å². The van der Waals surface area contributed by atoms with E-state index in [1.54, 1.807) is 38.6 Å². The van der Waals surface area contributed by atoms with Crippen LogP contribution in [0.1, 0.15) is 0 Å². The number of carbonyl (C=O) groups is 1. The molecular weight excluding hydrogens is 320 g/mol. The molecule has 0 saturated heterocycles. The van der Waals surface area contributed by atoms with E-state index in [2.05, 4.69) is 10.3 Å². The second-order valence-electron chi connectivity index (χ2n) is 5.27. The summed E-state index contributed by atoms with van der Waals surface area (Å²) in [5.41, 5.74) is 1.39. The zero-order valence-corrected chi connectivity index (χ0v) is 14.0. The van der Waals surface area contributed by atoms with Crippen molar-refractivity contribution in [2.24, 2.45) is 0 Å². The first-order chi connectivity index (χ1) is 12.2. The van der Waals surface area contributed by atoms with Gasteiger partial charge in [-0.2, -0.15) is 0 Å². The summed E-state index contributed by atoms with van der Waals surface area (Å²) in [6.07, 6.45) is 1.69. The molecule has 6 heteroatoms. The van der Waals surface area contributed by atoms with Crippen molar-refractivity contribution < 1.29 is 19.0 Å². The SMILES string of the molecule is COc1cc(OC)cc(OCC(=O)Nc2cccc3cccnc23)c1. The predicted octanol–water partition coefficient (Wildman–Crippen LogP) is 3.27. The molecule has 0 radical (unpaired) electrons. The van der Waals surface area contributed by atoms with Crippen LogP contribution in [0.3, 0.4) is 0 Å². The van der Waals surface area contributed by atoms with Gasteiger partial charge in [0.15, 0.2) is 6.61 Å². The second-order valence-corrected chi connectivity index (χ2v) is 5.27. The van der Waals surface area contributed by atoms with Gasteiger partial charge in [0.2, 0.25) is 0 Å². The predicted molar refractivity (Wildman–Crippen MR) is 95.4 cm³/mol. The molecule has 3 aromatic rings. The number of benzene rings is 2. The fourth-order valence-electron chi connectivity index (χ4n) is 2.40. The molecule has 0 bridgehead atoms. The zero-order chi connectivity index (χ0) is 17.6. The highest BCUT2D eigenvalue weighted by Gasteiger charge is 2.09. The van der Waals surface area contributed by atoms with Gasteiger partial charge in [-0.3, -0.25) is 9.78 Å². The molecule has 128 valence electrons. The normalized spacial score (nSPS) is 10.3. The van der Waals surface area contributed by atoms with Gasteiger partial charge in [-0.15, -0.1) is 0 Å². The molecule has 0 unspecified atom stereocenters. The van der Waals surface area contributed by atoms with E-state index in [0.29, 0.717) is 22.9 Å². The molecule has 0 aliphatic rings. The van der Waals surface area contributed by atoms with Crippen LogP contribution in [0.2, 0.25) is 0 Å². The number of ether oxygens (including phenoxy) is 3. The van der Waals surface area contributed by atoms with Gasteiger partial charge in [-0.1, -0.05) is 18.2 Å². The van der Waals surface area contributed by atoms with Crippen LogP contribution in [0.15, 0.2) is 54.7 Å². The Balaban J connectivity index is 1.69. The molecule has 1 heterocycles. The highest BCUT2D eigenvalue weighted by atomic mass is 16.5. The molecule has 2 aromatic carbocycles. The lowest BCUT2D eigenvalue weighted by atomic mass is 10.2. The summed E-state index contributed by atoms with van der Waals surface area (Å²) in [4.78, 5) is 16.5. The van der Waals surface area contributed by atoms with E-state index in [1.165, 1.54) is 0 Å².